The second-order valence-electron chi connectivity index (χ2n) is 7.55. The summed E-state index contributed by atoms with van der Waals surface area (Å²) in [5.41, 5.74) is -0.414. The average Bonchev–Trinajstić information content (AvgIpc) is 2.26. The molecule has 20 heavy (non-hydrogen) atoms. The quantitative estimate of drug-likeness (QED) is 0.835. The lowest BCUT2D eigenvalue weighted by molar-refractivity contribution is 0.0458. The van der Waals surface area contributed by atoms with E-state index in [9.17, 15) is 4.79 Å². The van der Waals surface area contributed by atoms with Gasteiger partial charge in [0.1, 0.15) is 5.60 Å². The van der Waals surface area contributed by atoms with Gasteiger partial charge in [0.25, 0.3) is 0 Å². The highest BCUT2D eigenvalue weighted by molar-refractivity contribution is 5.68. The van der Waals surface area contributed by atoms with E-state index < -0.39 is 5.60 Å². The van der Waals surface area contributed by atoms with Gasteiger partial charge < -0.3 is 15.4 Å². The van der Waals surface area contributed by atoms with Gasteiger partial charge in [-0.15, -0.1) is 0 Å². The molecular weight excluding hydrogens is 252 g/mol. The molecular formula is C16H30N2O2. The highest BCUT2D eigenvalue weighted by Gasteiger charge is 2.34. The molecule has 2 unspecified atom stereocenters. The maximum Gasteiger partial charge on any atom is 0.407 e. The van der Waals surface area contributed by atoms with E-state index in [-0.39, 0.29) is 12.1 Å². The van der Waals surface area contributed by atoms with E-state index >= 15 is 0 Å². The van der Waals surface area contributed by atoms with Crippen LogP contribution in [0.4, 0.5) is 4.79 Å². The van der Waals surface area contributed by atoms with E-state index in [1.165, 1.54) is 25.7 Å². The molecule has 4 nitrogen and oxygen atoms in total. The minimum absolute atomic E-state index is 0.279. The molecule has 2 aliphatic carbocycles. The number of ether oxygens (including phenoxy) is 1. The number of rotatable bonds is 3. The van der Waals surface area contributed by atoms with Crippen LogP contribution in [0, 0.1) is 5.92 Å². The van der Waals surface area contributed by atoms with Crippen LogP contribution in [0.15, 0.2) is 0 Å². The Morgan fingerprint density at radius 1 is 1.10 bits per heavy atom. The van der Waals surface area contributed by atoms with Crippen molar-refractivity contribution in [2.45, 2.75) is 89.9 Å². The highest BCUT2D eigenvalue weighted by Crippen LogP contribution is 2.28. The predicted octanol–water partition coefficient (Wildman–Crippen LogP) is 3.21. The largest absolute Gasteiger partial charge is 0.444 e. The molecule has 0 aromatic rings. The minimum Gasteiger partial charge on any atom is -0.444 e. The fourth-order valence-corrected chi connectivity index (χ4v) is 3.21. The molecule has 2 fully saturated rings. The van der Waals surface area contributed by atoms with Gasteiger partial charge in [0.2, 0.25) is 0 Å². The summed E-state index contributed by atoms with van der Waals surface area (Å²) in [6.07, 6.45) is 7.17. The molecule has 2 aliphatic rings. The molecule has 0 spiro atoms. The fraction of sp³-hybridized carbons (Fsp3) is 0.938. The first-order valence-corrected chi connectivity index (χ1v) is 8.09. The third-order valence-corrected chi connectivity index (χ3v) is 4.42. The van der Waals surface area contributed by atoms with Crippen LogP contribution in [0.1, 0.15) is 66.2 Å². The van der Waals surface area contributed by atoms with Crippen molar-refractivity contribution in [3.63, 3.8) is 0 Å². The second kappa shape index (κ2) is 6.33. The van der Waals surface area contributed by atoms with E-state index in [4.69, 9.17) is 4.74 Å². The highest BCUT2D eigenvalue weighted by atomic mass is 16.6. The van der Waals surface area contributed by atoms with E-state index in [1.54, 1.807) is 0 Å². The Kier molecular flexibility index (Phi) is 4.95. The maximum atomic E-state index is 11.7. The van der Waals surface area contributed by atoms with Gasteiger partial charge >= 0.3 is 6.09 Å². The van der Waals surface area contributed by atoms with Gasteiger partial charge in [-0.2, -0.15) is 0 Å². The van der Waals surface area contributed by atoms with Gasteiger partial charge in [0.05, 0.1) is 0 Å². The van der Waals surface area contributed by atoms with Gasteiger partial charge in [-0.25, -0.2) is 4.79 Å². The van der Waals surface area contributed by atoms with Crippen molar-refractivity contribution in [1.82, 2.24) is 10.6 Å². The van der Waals surface area contributed by atoms with Crippen LogP contribution < -0.4 is 10.6 Å². The number of amides is 1. The molecule has 0 bridgehead atoms. The first-order valence-electron chi connectivity index (χ1n) is 8.09. The summed E-state index contributed by atoms with van der Waals surface area (Å²) in [6, 6.07) is 1.53. The van der Waals surface area contributed by atoms with Crippen LogP contribution >= 0.6 is 0 Å². The summed E-state index contributed by atoms with van der Waals surface area (Å²) in [6.45, 7) is 8.03. The van der Waals surface area contributed by atoms with Crippen molar-refractivity contribution >= 4 is 6.09 Å². The van der Waals surface area contributed by atoms with Crippen molar-refractivity contribution in [1.29, 1.82) is 0 Å². The Bertz CT molecular complexity index is 332. The van der Waals surface area contributed by atoms with Crippen molar-refractivity contribution in [2.75, 3.05) is 0 Å². The molecule has 116 valence electrons. The summed E-state index contributed by atoms with van der Waals surface area (Å²) < 4.78 is 5.28. The van der Waals surface area contributed by atoms with Gasteiger partial charge in [-0.05, 0) is 52.4 Å². The van der Waals surface area contributed by atoms with Crippen LogP contribution in [0.25, 0.3) is 0 Å². The zero-order chi connectivity index (χ0) is 14.8. The Hall–Kier alpha value is -0.770. The zero-order valence-electron chi connectivity index (χ0n) is 13.4. The van der Waals surface area contributed by atoms with E-state index in [0.717, 1.165) is 18.8 Å². The Labute approximate surface area is 123 Å². The zero-order valence-corrected chi connectivity index (χ0v) is 13.4. The maximum absolute atomic E-state index is 11.7. The number of carbonyl (C=O) groups is 1. The van der Waals surface area contributed by atoms with Crippen molar-refractivity contribution in [2.24, 2.45) is 5.92 Å². The Morgan fingerprint density at radius 3 is 2.35 bits per heavy atom. The number of carbonyl (C=O) groups excluding carboxylic acids is 1. The number of hydrogen-bond acceptors (Lipinski definition) is 3. The molecule has 2 atom stereocenters. The second-order valence-corrected chi connectivity index (χ2v) is 7.55. The molecule has 0 aromatic heterocycles. The van der Waals surface area contributed by atoms with Gasteiger partial charge in [0.15, 0.2) is 0 Å². The fourth-order valence-electron chi connectivity index (χ4n) is 3.21. The molecule has 0 aromatic carbocycles. The Balaban J connectivity index is 1.63. The number of nitrogens with one attached hydrogen (secondary N) is 2. The number of alkyl carbamates (subject to hydrolysis) is 1. The third kappa shape index (κ3) is 4.65. The summed E-state index contributed by atoms with van der Waals surface area (Å²) in [4.78, 5) is 11.7. The monoisotopic (exact) mass is 282 g/mol. The lowest BCUT2D eigenvalue weighted by Gasteiger charge is -2.41. The molecule has 2 N–H and O–H groups in total. The summed E-state index contributed by atoms with van der Waals surface area (Å²) in [7, 11) is 0. The first-order chi connectivity index (χ1) is 9.33. The van der Waals surface area contributed by atoms with E-state index in [0.29, 0.717) is 12.1 Å². The molecule has 0 heterocycles. The van der Waals surface area contributed by atoms with Crippen LogP contribution in [-0.2, 0) is 4.74 Å². The van der Waals surface area contributed by atoms with Crippen molar-refractivity contribution < 1.29 is 9.53 Å². The van der Waals surface area contributed by atoms with Crippen molar-refractivity contribution in [3.8, 4) is 0 Å². The van der Waals surface area contributed by atoms with Crippen molar-refractivity contribution in [3.05, 3.63) is 0 Å². The molecule has 0 radical (unpaired) electrons. The lowest BCUT2D eigenvalue weighted by atomic mass is 9.81. The smallest absolute Gasteiger partial charge is 0.407 e. The predicted molar refractivity (Wildman–Crippen MR) is 80.7 cm³/mol. The van der Waals surface area contributed by atoms with Crippen LogP contribution in [0.2, 0.25) is 0 Å². The third-order valence-electron chi connectivity index (χ3n) is 4.42. The molecule has 0 saturated heterocycles. The van der Waals surface area contributed by atoms with Gasteiger partial charge in [0, 0.05) is 18.1 Å². The summed E-state index contributed by atoms with van der Waals surface area (Å²) in [5, 5.41) is 6.71. The molecule has 1 amide bonds. The van der Waals surface area contributed by atoms with Crippen LogP contribution in [0.5, 0.6) is 0 Å². The Morgan fingerprint density at radius 2 is 1.75 bits per heavy atom. The first kappa shape index (κ1) is 15.6. The van der Waals surface area contributed by atoms with Gasteiger partial charge in [-0.3, -0.25) is 0 Å². The SMILES string of the molecule is CC1CCCCC1NC1CC(NC(=O)OC(C)(C)C)C1. The number of hydrogen-bond donors (Lipinski definition) is 2. The standard InChI is InChI=1S/C16H30N2O2/c1-11-7-5-6-8-14(11)17-12-9-13(10-12)18-15(19)20-16(2,3)4/h11-14,17H,5-10H2,1-4H3,(H,18,19). The molecule has 2 rings (SSSR count). The van der Waals surface area contributed by atoms with E-state index in [1.807, 2.05) is 20.8 Å². The topological polar surface area (TPSA) is 50.4 Å². The molecule has 2 saturated carbocycles. The lowest BCUT2D eigenvalue weighted by Crippen LogP contribution is -2.56. The van der Waals surface area contributed by atoms with Crippen LogP contribution in [-0.4, -0.2) is 29.8 Å². The summed E-state index contributed by atoms with van der Waals surface area (Å²) >= 11 is 0. The van der Waals surface area contributed by atoms with E-state index in [2.05, 4.69) is 17.6 Å². The van der Waals surface area contributed by atoms with Crippen LogP contribution in [0.3, 0.4) is 0 Å². The summed E-state index contributed by atoms with van der Waals surface area (Å²) in [5.74, 6) is 0.793. The molecule has 0 aliphatic heterocycles. The normalized spacial score (nSPS) is 34.2. The average molecular weight is 282 g/mol. The molecule has 4 heteroatoms. The van der Waals surface area contributed by atoms with Gasteiger partial charge in [-0.1, -0.05) is 19.8 Å². The minimum atomic E-state index is -0.414.